The molecule has 4 N–H and O–H groups in total. The van der Waals surface area contributed by atoms with E-state index in [4.69, 9.17) is 17.3 Å². The Balaban J connectivity index is 1.58. The number of halogens is 5. The number of pyridine rings is 1. The lowest BCUT2D eigenvalue weighted by molar-refractivity contribution is -0.107. The van der Waals surface area contributed by atoms with Crippen LogP contribution in [0.1, 0.15) is 27.6 Å². The number of aryl methyl sites for hydroxylation is 1. The molecule has 4 aromatic rings. The van der Waals surface area contributed by atoms with Crippen LogP contribution in [-0.2, 0) is 0 Å². The number of carbonyl (C=O) groups is 1. The summed E-state index contributed by atoms with van der Waals surface area (Å²) in [6, 6.07) is 8.92. The maximum absolute atomic E-state index is 15.3. The number of nitrogens with two attached hydrogens (primary N) is 1. The quantitative estimate of drug-likeness (QED) is 0.337. The third-order valence-electron chi connectivity index (χ3n) is 5.32. The minimum absolute atomic E-state index is 0.00688. The van der Waals surface area contributed by atoms with Crippen molar-refractivity contribution in [1.82, 2.24) is 19.9 Å². The highest BCUT2D eigenvalue weighted by Crippen LogP contribution is 2.34. The molecule has 1 atom stereocenters. The van der Waals surface area contributed by atoms with Gasteiger partial charge < -0.3 is 16.2 Å². The average molecular weight is 508 g/mol. The van der Waals surface area contributed by atoms with E-state index < -0.39 is 47.2 Å². The summed E-state index contributed by atoms with van der Waals surface area (Å²) in [6.07, 6.45) is -1.06. The van der Waals surface area contributed by atoms with Crippen LogP contribution in [0, 0.1) is 18.6 Å². The average Bonchev–Trinajstić information content (AvgIpc) is 3.16. The Labute approximate surface area is 201 Å². The van der Waals surface area contributed by atoms with Crippen molar-refractivity contribution < 1.29 is 27.5 Å². The van der Waals surface area contributed by atoms with Crippen LogP contribution >= 0.6 is 11.6 Å². The van der Waals surface area contributed by atoms with Gasteiger partial charge in [-0.25, -0.2) is 22.1 Å². The molecule has 35 heavy (non-hydrogen) atoms. The van der Waals surface area contributed by atoms with Crippen LogP contribution < -0.4 is 11.1 Å². The third-order valence-corrected chi connectivity index (χ3v) is 5.63. The van der Waals surface area contributed by atoms with Gasteiger partial charge in [0.05, 0.1) is 17.1 Å². The summed E-state index contributed by atoms with van der Waals surface area (Å²) in [5, 5.41) is 15.5. The number of alkyl halides is 2. The Kier molecular flexibility index (Phi) is 6.39. The number of hydrogen-bond acceptors (Lipinski definition) is 5. The second-order valence-electron chi connectivity index (χ2n) is 7.84. The van der Waals surface area contributed by atoms with Gasteiger partial charge in [-0.3, -0.25) is 4.79 Å². The monoisotopic (exact) mass is 507 g/mol. The minimum atomic E-state index is -3.97. The van der Waals surface area contributed by atoms with Crippen LogP contribution in [0.2, 0.25) is 5.02 Å². The van der Waals surface area contributed by atoms with Gasteiger partial charge in [0.2, 0.25) is 5.95 Å². The van der Waals surface area contributed by atoms with E-state index in [1.54, 1.807) is 6.92 Å². The zero-order valence-corrected chi connectivity index (χ0v) is 18.8. The fourth-order valence-corrected chi connectivity index (χ4v) is 3.75. The molecule has 182 valence electrons. The first kappa shape index (κ1) is 24.4. The summed E-state index contributed by atoms with van der Waals surface area (Å²) < 4.78 is 59.9. The summed E-state index contributed by atoms with van der Waals surface area (Å²) in [5.74, 6) is -7.27. The summed E-state index contributed by atoms with van der Waals surface area (Å²) in [4.78, 5) is 16.6. The van der Waals surface area contributed by atoms with Gasteiger partial charge in [0, 0.05) is 17.3 Å². The Morgan fingerprint density at radius 1 is 1.23 bits per heavy atom. The molecule has 0 bridgehead atoms. The van der Waals surface area contributed by atoms with Crippen molar-refractivity contribution in [3.63, 3.8) is 0 Å². The molecule has 0 aliphatic carbocycles. The molecule has 2 heterocycles. The molecule has 0 saturated heterocycles. The zero-order valence-electron chi connectivity index (χ0n) is 18.1. The molecule has 0 saturated carbocycles. The lowest BCUT2D eigenvalue weighted by Crippen LogP contribution is -2.41. The van der Waals surface area contributed by atoms with Crippen LogP contribution in [0.4, 0.5) is 23.5 Å². The fraction of sp³-hybridized carbons (Fsp3) is 0.174. The molecular weight excluding hydrogens is 490 g/mol. The topological polar surface area (TPSA) is 106 Å². The molecule has 2 aromatic carbocycles. The van der Waals surface area contributed by atoms with Crippen molar-refractivity contribution >= 4 is 29.1 Å². The molecule has 2 aromatic heterocycles. The van der Waals surface area contributed by atoms with E-state index in [0.717, 1.165) is 12.1 Å². The number of nitrogens with zero attached hydrogens (tertiary/aromatic N) is 3. The second kappa shape index (κ2) is 9.16. The van der Waals surface area contributed by atoms with E-state index in [1.807, 2.05) is 5.32 Å². The van der Waals surface area contributed by atoms with Gasteiger partial charge in [-0.2, -0.15) is 4.98 Å². The Morgan fingerprint density at radius 3 is 2.69 bits per heavy atom. The van der Waals surface area contributed by atoms with Crippen LogP contribution in [0.5, 0.6) is 0 Å². The van der Waals surface area contributed by atoms with Crippen molar-refractivity contribution in [3.05, 3.63) is 82.0 Å². The molecule has 0 spiro atoms. The molecule has 0 aliphatic heterocycles. The fourth-order valence-electron chi connectivity index (χ4n) is 3.51. The van der Waals surface area contributed by atoms with Crippen LogP contribution in [0.15, 0.2) is 48.7 Å². The van der Waals surface area contributed by atoms with Gasteiger partial charge in [-0.05, 0) is 48.4 Å². The number of benzene rings is 2. The van der Waals surface area contributed by atoms with E-state index in [9.17, 15) is 23.1 Å². The predicted molar refractivity (Wildman–Crippen MR) is 121 cm³/mol. The highest BCUT2D eigenvalue weighted by molar-refractivity contribution is 6.34. The number of nitrogens with one attached hydrogen (secondary N) is 1. The molecule has 7 nitrogen and oxygen atoms in total. The lowest BCUT2D eigenvalue weighted by atomic mass is 10.0. The number of fused-ring (bicyclic) bond motifs is 1. The lowest BCUT2D eigenvalue weighted by Gasteiger charge is -2.24. The zero-order chi connectivity index (χ0) is 25.5. The van der Waals surface area contributed by atoms with Crippen LogP contribution in [-0.4, -0.2) is 38.1 Å². The van der Waals surface area contributed by atoms with Gasteiger partial charge in [-0.1, -0.05) is 23.7 Å². The van der Waals surface area contributed by atoms with Crippen molar-refractivity contribution in [2.75, 3.05) is 12.3 Å². The highest BCUT2D eigenvalue weighted by atomic mass is 35.5. The van der Waals surface area contributed by atoms with Crippen LogP contribution in [0.25, 0.3) is 16.8 Å². The standard InChI is InChI=1S/C23H18ClF4N5O2/c1-11-2-3-14(16(25)8-11)20(34)23(27,28)10-30-21(35)18-15(24)5-4-13(19(18)26)12-6-7-33-17(9-12)31-22(29)32-33/h2-9,20,34H,10H2,1H3,(H2,29,32)(H,30,35)/t20-/m0/s1. The first-order chi connectivity index (χ1) is 16.5. The number of amides is 1. The van der Waals surface area contributed by atoms with Gasteiger partial charge >= 0.3 is 0 Å². The van der Waals surface area contributed by atoms with Gasteiger partial charge in [-0.15, -0.1) is 5.10 Å². The van der Waals surface area contributed by atoms with E-state index in [2.05, 4.69) is 10.1 Å². The molecule has 4 rings (SSSR count). The Bertz CT molecular complexity index is 1440. The first-order valence-corrected chi connectivity index (χ1v) is 10.6. The van der Waals surface area contributed by atoms with Crippen LogP contribution in [0.3, 0.4) is 0 Å². The summed E-state index contributed by atoms with van der Waals surface area (Å²) in [5.41, 5.74) is 5.30. The van der Waals surface area contributed by atoms with Crippen molar-refractivity contribution in [2.45, 2.75) is 19.0 Å². The second-order valence-corrected chi connectivity index (χ2v) is 8.25. The van der Waals surface area contributed by atoms with E-state index in [0.29, 0.717) is 16.8 Å². The number of aliphatic hydroxyl groups excluding tert-OH is 1. The summed E-state index contributed by atoms with van der Waals surface area (Å²) in [7, 11) is 0. The van der Waals surface area contributed by atoms with E-state index in [-0.39, 0.29) is 16.5 Å². The molecule has 0 unspecified atom stereocenters. The number of anilines is 1. The van der Waals surface area contributed by atoms with E-state index in [1.165, 1.54) is 41.0 Å². The molecule has 0 radical (unpaired) electrons. The number of nitrogen functional groups attached to an aromatic ring is 1. The number of hydrogen-bond donors (Lipinski definition) is 3. The number of rotatable bonds is 6. The summed E-state index contributed by atoms with van der Waals surface area (Å²) >= 11 is 6.00. The Hall–Kier alpha value is -3.70. The molecule has 12 heteroatoms. The predicted octanol–water partition coefficient (Wildman–Crippen LogP) is 4.32. The molecule has 0 aliphatic rings. The molecule has 0 fully saturated rings. The molecule has 1 amide bonds. The maximum atomic E-state index is 15.3. The number of aliphatic hydroxyl groups is 1. The van der Waals surface area contributed by atoms with Crippen molar-refractivity contribution in [2.24, 2.45) is 0 Å². The Morgan fingerprint density at radius 2 is 1.97 bits per heavy atom. The highest BCUT2D eigenvalue weighted by Gasteiger charge is 2.41. The third kappa shape index (κ3) is 4.77. The maximum Gasteiger partial charge on any atom is 0.294 e. The first-order valence-electron chi connectivity index (χ1n) is 10.2. The van der Waals surface area contributed by atoms with Gasteiger partial charge in [0.25, 0.3) is 11.8 Å². The van der Waals surface area contributed by atoms with E-state index >= 15 is 4.39 Å². The SMILES string of the molecule is Cc1ccc([C@H](O)C(F)(F)CNC(=O)c2c(Cl)ccc(-c3ccn4nc(N)nc4c3)c2F)c(F)c1. The van der Waals surface area contributed by atoms with Crippen molar-refractivity contribution in [1.29, 1.82) is 0 Å². The minimum Gasteiger partial charge on any atom is -0.382 e. The molecular formula is C23H18ClF4N5O2. The number of carbonyl (C=O) groups excluding carboxylic acids is 1. The normalized spacial score (nSPS) is 12.7. The van der Waals surface area contributed by atoms with Gasteiger partial charge in [0.1, 0.15) is 17.7 Å². The summed E-state index contributed by atoms with van der Waals surface area (Å²) in [6.45, 7) is 0.162. The number of aromatic nitrogens is 3. The van der Waals surface area contributed by atoms with Crippen molar-refractivity contribution in [3.8, 4) is 11.1 Å². The van der Waals surface area contributed by atoms with Gasteiger partial charge in [0.15, 0.2) is 5.65 Å². The smallest absolute Gasteiger partial charge is 0.294 e. The largest absolute Gasteiger partial charge is 0.382 e.